The Balaban J connectivity index is 3.00. The highest BCUT2D eigenvalue weighted by atomic mass is 32.1. The van der Waals surface area contributed by atoms with E-state index in [0.717, 1.165) is 6.07 Å². The molecular weight excluding hydrogens is 208 g/mol. The van der Waals surface area contributed by atoms with E-state index < -0.39 is 17.9 Å². The van der Waals surface area contributed by atoms with Crippen molar-refractivity contribution in [2.45, 2.75) is 11.3 Å². The Morgan fingerprint density at radius 1 is 1.23 bits per heavy atom. The third-order valence-electron chi connectivity index (χ3n) is 1.16. The van der Waals surface area contributed by atoms with Gasteiger partial charge in [-0.2, -0.15) is 0 Å². The Morgan fingerprint density at radius 2 is 1.85 bits per heavy atom. The fourth-order valence-electron chi connectivity index (χ4n) is 0.714. The maximum Gasteiger partial charge on any atom is 0.573 e. The second kappa shape index (κ2) is 3.45. The van der Waals surface area contributed by atoms with Crippen LogP contribution in [0.3, 0.4) is 0 Å². The van der Waals surface area contributed by atoms with Crippen LogP contribution in [0.15, 0.2) is 23.1 Å². The first-order valence-corrected chi connectivity index (χ1v) is 3.58. The van der Waals surface area contributed by atoms with Crippen molar-refractivity contribution in [3.8, 4) is 5.75 Å². The van der Waals surface area contributed by atoms with Gasteiger partial charge in [0.25, 0.3) is 0 Å². The molecule has 0 unspecified atom stereocenters. The molecule has 72 valence electrons. The third kappa shape index (κ3) is 2.80. The molecule has 0 atom stereocenters. The van der Waals surface area contributed by atoms with E-state index in [0.29, 0.717) is 0 Å². The highest BCUT2D eigenvalue weighted by Gasteiger charge is 2.33. The lowest BCUT2D eigenvalue weighted by Gasteiger charge is -2.10. The summed E-state index contributed by atoms with van der Waals surface area (Å²) in [6, 6.07) is 3.30. The van der Waals surface area contributed by atoms with Crippen LogP contribution in [0.4, 0.5) is 17.6 Å². The largest absolute Gasteiger partial charge is 0.573 e. The van der Waals surface area contributed by atoms with E-state index in [1.165, 1.54) is 12.1 Å². The van der Waals surface area contributed by atoms with Crippen molar-refractivity contribution in [1.29, 1.82) is 0 Å². The van der Waals surface area contributed by atoms with Gasteiger partial charge in [-0.05, 0) is 12.1 Å². The quantitative estimate of drug-likeness (QED) is 0.556. The number of ether oxygens (including phenoxy) is 1. The van der Waals surface area contributed by atoms with E-state index in [1.54, 1.807) is 0 Å². The zero-order chi connectivity index (χ0) is 10.1. The molecule has 6 heteroatoms. The van der Waals surface area contributed by atoms with Crippen LogP contribution in [-0.4, -0.2) is 6.36 Å². The molecule has 0 fully saturated rings. The minimum atomic E-state index is -4.90. The van der Waals surface area contributed by atoms with Crippen molar-refractivity contribution in [3.63, 3.8) is 0 Å². The molecule has 0 aliphatic rings. The van der Waals surface area contributed by atoms with Gasteiger partial charge in [0, 0.05) is 4.90 Å². The molecule has 0 aromatic heterocycles. The van der Waals surface area contributed by atoms with Gasteiger partial charge in [-0.1, -0.05) is 6.07 Å². The summed E-state index contributed by atoms with van der Waals surface area (Å²) in [4.78, 5) is -0.197. The molecule has 0 radical (unpaired) electrons. The van der Waals surface area contributed by atoms with Gasteiger partial charge in [-0.3, -0.25) is 0 Å². The smallest absolute Gasteiger partial charge is 0.401 e. The van der Waals surface area contributed by atoms with E-state index in [-0.39, 0.29) is 4.90 Å². The van der Waals surface area contributed by atoms with Crippen LogP contribution in [0.2, 0.25) is 0 Å². The Bertz CT molecular complexity index is 290. The first-order valence-electron chi connectivity index (χ1n) is 3.13. The van der Waals surface area contributed by atoms with Crippen LogP contribution in [0, 0.1) is 5.82 Å². The summed E-state index contributed by atoms with van der Waals surface area (Å²) < 4.78 is 51.2. The molecule has 0 saturated heterocycles. The number of rotatable bonds is 1. The first kappa shape index (κ1) is 10.2. The highest BCUT2D eigenvalue weighted by molar-refractivity contribution is 7.80. The Morgan fingerprint density at radius 3 is 2.31 bits per heavy atom. The monoisotopic (exact) mass is 212 g/mol. The van der Waals surface area contributed by atoms with Crippen molar-refractivity contribution in [2.75, 3.05) is 0 Å². The molecule has 1 aromatic rings. The Labute approximate surface area is 76.7 Å². The molecule has 0 bridgehead atoms. The van der Waals surface area contributed by atoms with Gasteiger partial charge in [0.05, 0.1) is 0 Å². The molecule has 0 heterocycles. The molecule has 13 heavy (non-hydrogen) atoms. The summed E-state index contributed by atoms with van der Waals surface area (Å²) in [5, 5.41) is 0. The lowest BCUT2D eigenvalue weighted by Crippen LogP contribution is -2.18. The third-order valence-corrected chi connectivity index (χ3v) is 1.52. The second-order valence-corrected chi connectivity index (χ2v) is 2.62. The summed E-state index contributed by atoms with van der Waals surface area (Å²) >= 11 is 3.61. The Kier molecular flexibility index (Phi) is 2.70. The van der Waals surface area contributed by atoms with Crippen molar-refractivity contribution in [1.82, 2.24) is 0 Å². The summed E-state index contributed by atoms with van der Waals surface area (Å²) in [5.74, 6) is -2.00. The number of hydrogen-bond donors (Lipinski definition) is 1. The zero-order valence-corrected chi connectivity index (χ0v) is 6.99. The molecule has 0 saturated carbocycles. The lowest BCUT2D eigenvalue weighted by molar-refractivity contribution is -0.276. The summed E-state index contributed by atoms with van der Waals surface area (Å²) in [6.07, 6.45) is -4.90. The minimum Gasteiger partial charge on any atom is -0.401 e. The molecule has 1 aromatic carbocycles. The summed E-state index contributed by atoms with van der Waals surface area (Å²) in [7, 11) is 0. The fraction of sp³-hybridized carbons (Fsp3) is 0.143. The maximum absolute atomic E-state index is 12.7. The molecule has 1 rings (SSSR count). The Hall–Kier alpha value is -0.910. The zero-order valence-electron chi connectivity index (χ0n) is 6.10. The number of alkyl halides is 3. The predicted molar refractivity (Wildman–Crippen MR) is 40.3 cm³/mol. The van der Waals surface area contributed by atoms with Gasteiger partial charge < -0.3 is 4.74 Å². The van der Waals surface area contributed by atoms with Crippen molar-refractivity contribution in [2.24, 2.45) is 0 Å². The van der Waals surface area contributed by atoms with Gasteiger partial charge in [-0.25, -0.2) is 4.39 Å². The molecule has 0 amide bonds. The first-order chi connectivity index (χ1) is 5.90. The standard InChI is InChI=1S/C7H4F4OS/c8-4-2-1-3-5(13)6(4)12-7(9,10)11/h1-3,13H. The van der Waals surface area contributed by atoms with E-state index in [4.69, 9.17) is 0 Å². The van der Waals surface area contributed by atoms with Crippen LogP contribution < -0.4 is 4.74 Å². The molecule has 0 aliphatic heterocycles. The topological polar surface area (TPSA) is 9.23 Å². The molecule has 0 N–H and O–H groups in total. The number of benzene rings is 1. The van der Waals surface area contributed by atoms with Gasteiger partial charge >= 0.3 is 6.36 Å². The number of thiol groups is 1. The van der Waals surface area contributed by atoms with Gasteiger partial charge in [-0.15, -0.1) is 25.8 Å². The fourth-order valence-corrected chi connectivity index (χ4v) is 0.953. The van der Waals surface area contributed by atoms with Crippen LogP contribution >= 0.6 is 12.6 Å². The number of para-hydroxylation sites is 1. The van der Waals surface area contributed by atoms with Crippen molar-refractivity contribution in [3.05, 3.63) is 24.0 Å². The van der Waals surface area contributed by atoms with Gasteiger partial charge in [0.1, 0.15) is 0 Å². The van der Waals surface area contributed by atoms with E-state index >= 15 is 0 Å². The molecule has 1 nitrogen and oxygen atoms in total. The number of halogens is 4. The normalized spacial score (nSPS) is 11.5. The second-order valence-electron chi connectivity index (χ2n) is 2.14. The van der Waals surface area contributed by atoms with Crippen LogP contribution in [-0.2, 0) is 0 Å². The maximum atomic E-state index is 12.7. The van der Waals surface area contributed by atoms with E-state index in [1.807, 2.05) is 0 Å². The lowest BCUT2D eigenvalue weighted by atomic mass is 10.3. The predicted octanol–water partition coefficient (Wildman–Crippen LogP) is 3.01. The minimum absolute atomic E-state index is 0.197. The SMILES string of the molecule is Fc1cccc(S)c1OC(F)(F)F. The summed E-state index contributed by atoms with van der Waals surface area (Å²) in [6.45, 7) is 0. The molecule has 0 spiro atoms. The summed E-state index contributed by atoms with van der Waals surface area (Å²) in [5.41, 5.74) is 0. The van der Waals surface area contributed by atoms with Gasteiger partial charge in [0.15, 0.2) is 11.6 Å². The average Bonchev–Trinajstić information content (AvgIpc) is 1.95. The van der Waals surface area contributed by atoms with Crippen molar-refractivity contribution < 1.29 is 22.3 Å². The van der Waals surface area contributed by atoms with E-state index in [9.17, 15) is 17.6 Å². The van der Waals surface area contributed by atoms with Crippen molar-refractivity contribution >= 4 is 12.6 Å². The molecular formula is C7H4F4OS. The van der Waals surface area contributed by atoms with Crippen LogP contribution in [0.25, 0.3) is 0 Å². The highest BCUT2D eigenvalue weighted by Crippen LogP contribution is 2.30. The number of hydrogen-bond acceptors (Lipinski definition) is 2. The van der Waals surface area contributed by atoms with E-state index in [2.05, 4.69) is 17.4 Å². The van der Waals surface area contributed by atoms with Crippen LogP contribution in [0.5, 0.6) is 5.75 Å². The van der Waals surface area contributed by atoms with Crippen LogP contribution in [0.1, 0.15) is 0 Å². The molecule has 0 aliphatic carbocycles. The average molecular weight is 212 g/mol. The van der Waals surface area contributed by atoms with Gasteiger partial charge in [0.2, 0.25) is 0 Å².